The SMILES string of the molecule is CO[C@@H]1CC(=O)[C@@]23C(=O)N[C@@H](Cc4ccccc4)[C@@H]2[C@H](C)C(C)=C[C@@H]3/C=C/C[C@H](C)C(=O)[C@H]1C. The van der Waals surface area contributed by atoms with E-state index in [1.54, 1.807) is 7.11 Å². The fourth-order valence-corrected chi connectivity index (χ4v) is 6.56. The summed E-state index contributed by atoms with van der Waals surface area (Å²) in [6.07, 6.45) is 6.89. The van der Waals surface area contributed by atoms with Gasteiger partial charge in [0.25, 0.3) is 0 Å². The summed E-state index contributed by atoms with van der Waals surface area (Å²) < 4.78 is 5.69. The van der Waals surface area contributed by atoms with Crippen molar-refractivity contribution in [1.82, 2.24) is 5.32 Å². The Kier molecular flexibility index (Phi) is 6.95. The lowest BCUT2D eigenvalue weighted by atomic mass is 9.54. The van der Waals surface area contributed by atoms with E-state index in [0.29, 0.717) is 12.8 Å². The summed E-state index contributed by atoms with van der Waals surface area (Å²) in [6, 6.07) is 9.99. The number of ether oxygens (including phenoxy) is 1. The molecule has 0 radical (unpaired) electrons. The predicted octanol–water partition coefficient (Wildman–Crippen LogP) is 4.32. The van der Waals surface area contributed by atoms with Crippen LogP contribution in [0.4, 0.5) is 0 Å². The van der Waals surface area contributed by atoms with Gasteiger partial charge in [-0.2, -0.15) is 0 Å². The largest absolute Gasteiger partial charge is 0.380 e. The van der Waals surface area contributed by atoms with Crippen molar-refractivity contribution in [2.45, 2.75) is 59.1 Å². The summed E-state index contributed by atoms with van der Waals surface area (Å²) in [5.74, 6) is -1.21. The molecular weight excluding hydrogens is 426 g/mol. The molecule has 1 aromatic rings. The van der Waals surface area contributed by atoms with Crippen LogP contribution in [0, 0.1) is 35.0 Å². The number of nitrogens with one attached hydrogen (secondary N) is 1. The van der Waals surface area contributed by atoms with E-state index in [1.807, 2.05) is 44.2 Å². The highest BCUT2D eigenvalue weighted by Crippen LogP contribution is 2.55. The quantitative estimate of drug-likeness (QED) is 0.535. The fourth-order valence-electron chi connectivity index (χ4n) is 6.56. The van der Waals surface area contributed by atoms with Crippen LogP contribution in [0.1, 0.15) is 46.1 Å². The minimum atomic E-state index is -1.19. The summed E-state index contributed by atoms with van der Waals surface area (Å²) in [7, 11) is 1.55. The molecule has 1 amide bonds. The second kappa shape index (κ2) is 9.61. The molecular formula is C29H37NO4. The third-order valence-electron chi connectivity index (χ3n) is 8.65. The maximum atomic E-state index is 14.2. The summed E-state index contributed by atoms with van der Waals surface area (Å²) in [5, 5.41) is 3.24. The van der Waals surface area contributed by atoms with Crippen molar-refractivity contribution in [2.24, 2.45) is 35.0 Å². The van der Waals surface area contributed by atoms with Crippen LogP contribution in [0.2, 0.25) is 0 Å². The minimum Gasteiger partial charge on any atom is -0.380 e. The van der Waals surface area contributed by atoms with Crippen molar-refractivity contribution in [2.75, 3.05) is 7.11 Å². The normalized spacial score (nSPS) is 39.4. The Balaban J connectivity index is 1.83. The number of allylic oxidation sites excluding steroid dienone is 4. The van der Waals surface area contributed by atoms with Gasteiger partial charge in [-0.1, -0.05) is 74.9 Å². The van der Waals surface area contributed by atoms with Crippen LogP contribution < -0.4 is 5.32 Å². The maximum Gasteiger partial charge on any atom is 0.235 e. The molecule has 0 unspecified atom stereocenters. The Morgan fingerprint density at radius 1 is 1.06 bits per heavy atom. The van der Waals surface area contributed by atoms with Crippen molar-refractivity contribution in [3.05, 3.63) is 59.7 Å². The summed E-state index contributed by atoms with van der Waals surface area (Å²) >= 11 is 0. The first kappa shape index (κ1) is 24.6. The second-order valence-electron chi connectivity index (χ2n) is 10.5. The lowest BCUT2D eigenvalue weighted by molar-refractivity contribution is -0.147. The lowest BCUT2D eigenvalue weighted by Crippen LogP contribution is -2.53. The highest BCUT2D eigenvalue weighted by molar-refractivity contribution is 6.09. The van der Waals surface area contributed by atoms with Crippen LogP contribution in [0.5, 0.6) is 0 Å². The average Bonchev–Trinajstić information content (AvgIpc) is 3.11. The molecule has 182 valence electrons. The second-order valence-corrected chi connectivity index (χ2v) is 10.5. The van der Waals surface area contributed by atoms with Crippen molar-refractivity contribution < 1.29 is 19.1 Å². The summed E-state index contributed by atoms with van der Waals surface area (Å²) in [4.78, 5) is 41.1. The molecule has 0 aromatic heterocycles. The zero-order valence-corrected chi connectivity index (χ0v) is 20.9. The van der Waals surface area contributed by atoms with Gasteiger partial charge in [0.15, 0.2) is 5.78 Å². The molecule has 4 rings (SSSR count). The Morgan fingerprint density at radius 3 is 2.44 bits per heavy atom. The van der Waals surface area contributed by atoms with E-state index >= 15 is 0 Å². The molecule has 8 atom stereocenters. The lowest BCUT2D eigenvalue weighted by Gasteiger charge is -2.45. The van der Waals surface area contributed by atoms with Gasteiger partial charge in [0.05, 0.1) is 6.10 Å². The van der Waals surface area contributed by atoms with E-state index in [9.17, 15) is 14.4 Å². The number of Topliss-reactive ketones (excluding diaryl/α,β-unsaturated/α-hetero) is 2. The topological polar surface area (TPSA) is 72.5 Å². The number of carbonyl (C=O) groups excluding carboxylic acids is 3. The molecule has 1 spiro atoms. The van der Waals surface area contributed by atoms with Gasteiger partial charge < -0.3 is 10.1 Å². The van der Waals surface area contributed by atoms with E-state index in [4.69, 9.17) is 4.74 Å². The van der Waals surface area contributed by atoms with Crippen LogP contribution in [-0.2, 0) is 25.5 Å². The van der Waals surface area contributed by atoms with Gasteiger partial charge in [0.1, 0.15) is 11.2 Å². The highest BCUT2D eigenvalue weighted by atomic mass is 16.5. The number of rotatable bonds is 3. The van der Waals surface area contributed by atoms with E-state index in [2.05, 4.69) is 37.4 Å². The number of hydrogen-bond acceptors (Lipinski definition) is 4. The molecule has 5 nitrogen and oxygen atoms in total. The van der Waals surface area contributed by atoms with Gasteiger partial charge in [-0.05, 0) is 31.2 Å². The Labute approximate surface area is 203 Å². The molecule has 1 fully saturated rings. The first-order chi connectivity index (χ1) is 16.2. The smallest absolute Gasteiger partial charge is 0.235 e. The molecule has 1 heterocycles. The van der Waals surface area contributed by atoms with Crippen LogP contribution in [0.3, 0.4) is 0 Å². The molecule has 0 saturated carbocycles. The number of methoxy groups -OCH3 is 1. The van der Waals surface area contributed by atoms with Crippen LogP contribution in [0.15, 0.2) is 54.1 Å². The van der Waals surface area contributed by atoms with Crippen LogP contribution >= 0.6 is 0 Å². The predicted molar refractivity (Wildman–Crippen MR) is 132 cm³/mol. The molecule has 2 aliphatic carbocycles. The van der Waals surface area contributed by atoms with E-state index in [0.717, 1.165) is 5.56 Å². The van der Waals surface area contributed by atoms with Crippen LogP contribution in [-0.4, -0.2) is 36.7 Å². The molecule has 3 aliphatic rings. The van der Waals surface area contributed by atoms with Crippen LogP contribution in [0.25, 0.3) is 0 Å². The molecule has 0 bridgehead atoms. The van der Waals surface area contributed by atoms with Crippen molar-refractivity contribution in [3.63, 3.8) is 0 Å². The number of benzene rings is 1. The standard InChI is InChI=1S/C29H37NO4/c1-17-10-9-13-22-14-18(2)19(3)26-23(15-21-11-7-6-8-12-21)30-28(33)29(22,26)25(31)16-24(34-5)20(4)27(17)32/h6-9,11-14,17,19-20,22-24,26H,10,15-16H2,1-5H3,(H,30,33)/b13-9+/t17-,19+,20-,22-,23-,24+,26-,29+/m0/s1. The fraction of sp³-hybridized carbons (Fsp3) is 0.552. The van der Waals surface area contributed by atoms with Gasteiger partial charge in [0.2, 0.25) is 5.91 Å². The van der Waals surface area contributed by atoms with Crippen molar-refractivity contribution in [1.29, 1.82) is 0 Å². The molecule has 1 N–H and O–H groups in total. The third-order valence-corrected chi connectivity index (χ3v) is 8.65. The molecule has 34 heavy (non-hydrogen) atoms. The highest BCUT2D eigenvalue weighted by Gasteiger charge is 2.65. The number of carbonyl (C=O) groups is 3. The third kappa shape index (κ3) is 3.98. The summed E-state index contributed by atoms with van der Waals surface area (Å²) in [6.45, 7) is 8.01. The van der Waals surface area contributed by atoms with E-state index < -0.39 is 17.4 Å². The van der Waals surface area contributed by atoms with Crippen molar-refractivity contribution >= 4 is 17.5 Å². The van der Waals surface area contributed by atoms with Gasteiger partial charge in [-0.25, -0.2) is 0 Å². The van der Waals surface area contributed by atoms with Gasteiger partial charge in [-0.15, -0.1) is 0 Å². The number of ketones is 2. The molecule has 1 saturated heterocycles. The average molecular weight is 464 g/mol. The van der Waals surface area contributed by atoms with Gasteiger partial charge >= 0.3 is 0 Å². The molecule has 1 aromatic carbocycles. The summed E-state index contributed by atoms with van der Waals surface area (Å²) in [5.41, 5.74) is 1.15. The maximum absolute atomic E-state index is 14.2. The first-order valence-electron chi connectivity index (χ1n) is 12.5. The Bertz CT molecular complexity index is 1010. The minimum absolute atomic E-state index is 0.0576. The zero-order chi connectivity index (χ0) is 24.6. The zero-order valence-electron chi connectivity index (χ0n) is 20.9. The van der Waals surface area contributed by atoms with E-state index in [-0.39, 0.29) is 53.6 Å². The Morgan fingerprint density at radius 2 is 1.76 bits per heavy atom. The molecule has 1 aliphatic heterocycles. The monoisotopic (exact) mass is 463 g/mol. The van der Waals surface area contributed by atoms with Gasteiger partial charge in [0, 0.05) is 43.2 Å². The number of amides is 1. The van der Waals surface area contributed by atoms with Crippen molar-refractivity contribution in [3.8, 4) is 0 Å². The Hall–Kier alpha value is -2.53. The number of hydrogen-bond donors (Lipinski definition) is 1. The van der Waals surface area contributed by atoms with E-state index in [1.165, 1.54) is 5.57 Å². The first-order valence-corrected chi connectivity index (χ1v) is 12.5. The molecule has 5 heteroatoms. The van der Waals surface area contributed by atoms with Gasteiger partial charge in [-0.3, -0.25) is 14.4 Å².